The van der Waals surface area contributed by atoms with E-state index >= 15 is 0 Å². The van der Waals surface area contributed by atoms with Crippen LogP contribution >= 0.6 is 0 Å². The Morgan fingerprint density at radius 1 is 1.38 bits per heavy atom. The molecule has 0 aromatic carbocycles. The zero-order chi connectivity index (χ0) is 15.3. The zero-order valence-electron chi connectivity index (χ0n) is 12.9. The van der Waals surface area contributed by atoms with Crippen molar-refractivity contribution in [3.63, 3.8) is 0 Å². The van der Waals surface area contributed by atoms with Crippen LogP contribution in [0.5, 0.6) is 0 Å². The molecule has 116 valence electrons. The van der Waals surface area contributed by atoms with Gasteiger partial charge in [0.05, 0.1) is 5.54 Å². The normalized spacial score (nSPS) is 18.9. The van der Waals surface area contributed by atoms with Gasteiger partial charge in [-0.1, -0.05) is 11.2 Å². The summed E-state index contributed by atoms with van der Waals surface area (Å²) in [5.41, 5.74) is 6.66. The van der Waals surface area contributed by atoms with Crippen LogP contribution in [0.15, 0.2) is 29.7 Å². The molecule has 2 heterocycles. The second kappa shape index (κ2) is 6.87. The number of rotatable bonds is 5. The third-order valence-electron chi connectivity index (χ3n) is 4.34. The van der Waals surface area contributed by atoms with Crippen molar-refractivity contribution in [2.24, 2.45) is 10.9 Å². The molecule has 6 heteroatoms. The van der Waals surface area contributed by atoms with Gasteiger partial charge in [-0.2, -0.15) is 0 Å². The largest absolute Gasteiger partial charge is 0.409 e. The Morgan fingerprint density at radius 3 is 2.67 bits per heavy atom. The molecule has 6 nitrogen and oxygen atoms in total. The lowest BCUT2D eigenvalue weighted by atomic mass is 10.00. The van der Waals surface area contributed by atoms with Gasteiger partial charge in [0, 0.05) is 45.1 Å². The second-order valence-electron chi connectivity index (χ2n) is 5.98. The molecule has 0 spiro atoms. The lowest BCUT2D eigenvalue weighted by Gasteiger charge is -2.43. The van der Waals surface area contributed by atoms with Gasteiger partial charge in [0.15, 0.2) is 5.84 Å². The van der Waals surface area contributed by atoms with Crippen molar-refractivity contribution in [3.05, 3.63) is 30.1 Å². The van der Waals surface area contributed by atoms with Gasteiger partial charge in [-0.15, -0.1) is 0 Å². The van der Waals surface area contributed by atoms with Crippen molar-refractivity contribution in [2.45, 2.75) is 25.8 Å². The van der Waals surface area contributed by atoms with Crippen molar-refractivity contribution < 1.29 is 5.21 Å². The van der Waals surface area contributed by atoms with Crippen LogP contribution in [0.1, 0.15) is 19.4 Å². The summed E-state index contributed by atoms with van der Waals surface area (Å²) < 4.78 is 0. The highest BCUT2D eigenvalue weighted by Crippen LogP contribution is 2.17. The summed E-state index contributed by atoms with van der Waals surface area (Å²) in [4.78, 5) is 8.86. The monoisotopic (exact) mass is 291 g/mol. The molecule has 3 N–H and O–H groups in total. The summed E-state index contributed by atoms with van der Waals surface area (Å²) >= 11 is 0. The van der Waals surface area contributed by atoms with Gasteiger partial charge in [0.2, 0.25) is 0 Å². The molecule has 1 aliphatic rings. The molecule has 0 bridgehead atoms. The van der Waals surface area contributed by atoms with E-state index in [-0.39, 0.29) is 5.84 Å². The third kappa shape index (κ3) is 3.92. The Labute approximate surface area is 126 Å². The first-order chi connectivity index (χ1) is 10.0. The second-order valence-corrected chi connectivity index (χ2v) is 5.98. The van der Waals surface area contributed by atoms with E-state index in [1.165, 1.54) is 5.56 Å². The summed E-state index contributed by atoms with van der Waals surface area (Å²) in [5.74, 6) is 0.270. The number of pyridine rings is 1. The molecule has 2 rings (SSSR count). The molecular formula is C15H25N5O. The molecular weight excluding hydrogens is 266 g/mol. The van der Waals surface area contributed by atoms with Gasteiger partial charge >= 0.3 is 0 Å². The standard InChI is InChI=1S/C15H25N5O/c1-15(2,14(16)18-21)20-10-8-19(9-11-20)7-5-13-4-3-6-17-12-13/h3-4,6,12,21H,5,7-11H2,1-2H3,(H2,16,18). The Morgan fingerprint density at radius 2 is 2.10 bits per heavy atom. The summed E-state index contributed by atoms with van der Waals surface area (Å²) in [6.07, 6.45) is 4.76. The first kappa shape index (κ1) is 15.7. The number of hydrogen-bond acceptors (Lipinski definition) is 5. The number of aromatic nitrogens is 1. The predicted octanol–water partition coefficient (Wildman–Crippen LogP) is 0.767. The molecule has 1 aliphatic heterocycles. The molecule has 1 fully saturated rings. The molecule has 1 saturated heterocycles. The molecule has 1 aromatic rings. The highest BCUT2D eigenvalue weighted by molar-refractivity contribution is 5.88. The molecule has 21 heavy (non-hydrogen) atoms. The molecule has 1 aromatic heterocycles. The lowest BCUT2D eigenvalue weighted by Crippen LogP contribution is -2.59. The van der Waals surface area contributed by atoms with Crippen LogP contribution in [0.2, 0.25) is 0 Å². The SMILES string of the molecule is CC(C)(C(N)=NO)N1CCN(CCc2cccnc2)CC1. The summed E-state index contributed by atoms with van der Waals surface area (Å²) in [5, 5.41) is 12.0. The first-order valence-electron chi connectivity index (χ1n) is 7.38. The van der Waals surface area contributed by atoms with E-state index in [0.717, 1.165) is 39.1 Å². The number of oxime groups is 1. The smallest absolute Gasteiger partial charge is 0.159 e. The topological polar surface area (TPSA) is 78.0 Å². The summed E-state index contributed by atoms with van der Waals surface area (Å²) in [6.45, 7) is 8.89. The highest BCUT2D eigenvalue weighted by Gasteiger charge is 2.33. The van der Waals surface area contributed by atoms with Crippen molar-refractivity contribution in [2.75, 3.05) is 32.7 Å². The maximum Gasteiger partial charge on any atom is 0.159 e. The number of nitrogens with two attached hydrogens (primary N) is 1. The molecule has 0 amide bonds. The van der Waals surface area contributed by atoms with E-state index in [1.807, 2.05) is 26.1 Å². The van der Waals surface area contributed by atoms with Crippen LogP contribution in [0.4, 0.5) is 0 Å². The van der Waals surface area contributed by atoms with Gasteiger partial charge in [0.1, 0.15) is 0 Å². The molecule has 0 radical (unpaired) electrons. The minimum Gasteiger partial charge on any atom is -0.409 e. The molecule has 0 aliphatic carbocycles. The maximum atomic E-state index is 8.88. The van der Waals surface area contributed by atoms with Crippen LogP contribution in [-0.2, 0) is 6.42 Å². The lowest BCUT2D eigenvalue weighted by molar-refractivity contribution is 0.0838. The average Bonchev–Trinajstić information content (AvgIpc) is 2.53. The van der Waals surface area contributed by atoms with Gasteiger partial charge in [-0.3, -0.25) is 9.88 Å². The van der Waals surface area contributed by atoms with E-state index in [0.29, 0.717) is 0 Å². The van der Waals surface area contributed by atoms with Crippen molar-refractivity contribution >= 4 is 5.84 Å². The van der Waals surface area contributed by atoms with E-state index < -0.39 is 5.54 Å². The molecule has 0 atom stereocenters. The fraction of sp³-hybridized carbons (Fsp3) is 0.600. The Kier molecular flexibility index (Phi) is 5.14. The predicted molar refractivity (Wildman–Crippen MR) is 83.4 cm³/mol. The quantitative estimate of drug-likeness (QED) is 0.362. The number of hydrogen-bond donors (Lipinski definition) is 2. The van der Waals surface area contributed by atoms with Crippen LogP contribution < -0.4 is 5.73 Å². The third-order valence-corrected chi connectivity index (χ3v) is 4.34. The van der Waals surface area contributed by atoms with Crippen LogP contribution in [0.3, 0.4) is 0 Å². The van der Waals surface area contributed by atoms with E-state index in [2.05, 4.69) is 26.0 Å². The van der Waals surface area contributed by atoms with Crippen molar-refractivity contribution in [1.82, 2.24) is 14.8 Å². The summed E-state index contributed by atoms with van der Waals surface area (Å²) in [7, 11) is 0. The van der Waals surface area contributed by atoms with Crippen molar-refractivity contribution in [3.8, 4) is 0 Å². The Bertz CT molecular complexity index is 466. The van der Waals surface area contributed by atoms with Gasteiger partial charge in [-0.25, -0.2) is 0 Å². The van der Waals surface area contributed by atoms with Crippen LogP contribution in [0, 0.1) is 0 Å². The first-order valence-corrected chi connectivity index (χ1v) is 7.38. The fourth-order valence-electron chi connectivity index (χ4n) is 2.65. The van der Waals surface area contributed by atoms with E-state index in [1.54, 1.807) is 6.20 Å². The number of piperazine rings is 1. The van der Waals surface area contributed by atoms with E-state index in [9.17, 15) is 0 Å². The van der Waals surface area contributed by atoms with Gasteiger partial charge < -0.3 is 15.8 Å². The van der Waals surface area contributed by atoms with Crippen LogP contribution in [-0.4, -0.2) is 64.1 Å². The van der Waals surface area contributed by atoms with Gasteiger partial charge in [-0.05, 0) is 31.9 Å². The summed E-state index contributed by atoms with van der Waals surface area (Å²) in [6, 6.07) is 4.09. The molecule has 0 unspecified atom stereocenters. The fourth-order valence-corrected chi connectivity index (χ4v) is 2.65. The number of nitrogens with zero attached hydrogens (tertiary/aromatic N) is 4. The van der Waals surface area contributed by atoms with E-state index in [4.69, 9.17) is 10.9 Å². The van der Waals surface area contributed by atoms with Gasteiger partial charge in [0.25, 0.3) is 0 Å². The van der Waals surface area contributed by atoms with Crippen molar-refractivity contribution in [1.29, 1.82) is 0 Å². The average molecular weight is 291 g/mol. The highest BCUT2D eigenvalue weighted by atomic mass is 16.4. The minimum absolute atomic E-state index is 0.270. The number of amidine groups is 1. The zero-order valence-corrected chi connectivity index (χ0v) is 12.9. The minimum atomic E-state index is -0.399. The van der Waals surface area contributed by atoms with Crippen LogP contribution in [0.25, 0.3) is 0 Å². The molecule has 0 saturated carbocycles. The Balaban J connectivity index is 1.81. The Hall–Kier alpha value is -1.66. The maximum absolute atomic E-state index is 8.88.